The first-order valence-electron chi connectivity index (χ1n) is 4.87. The van der Waals surface area contributed by atoms with Gasteiger partial charge >= 0.3 is 11.9 Å². The highest BCUT2D eigenvalue weighted by atomic mass is 35.6. The van der Waals surface area contributed by atoms with Gasteiger partial charge in [-0.15, -0.1) is 0 Å². The predicted octanol–water partition coefficient (Wildman–Crippen LogP) is 1.60. The standard InChI is InChI=1S/C10H7Cl3N2O5/c1-19-8(17)4-3-14-7(6(16)10(11,12)13)15-5(4)9(18)20-2/h3H,1-2H3. The SMILES string of the molecule is COC(=O)c1cnc(C(=O)C(Cl)(Cl)Cl)nc1C(=O)OC. The molecule has 0 saturated carbocycles. The first-order valence-corrected chi connectivity index (χ1v) is 6.01. The monoisotopic (exact) mass is 340 g/mol. The highest BCUT2D eigenvalue weighted by molar-refractivity contribution is 6.77. The summed E-state index contributed by atoms with van der Waals surface area (Å²) in [5.41, 5.74) is -0.743. The second kappa shape index (κ2) is 6.34. The molecule has 0 N–H and O–H groups in total. The van der Waals surface area contributed by atoms with Gasteiger partial charge < -0.3 is 9.47 Å². The predicted molar refractivity (Wildman–Crippen MR) is 69.3 cm³/mol. The Morgan fingerprint density at radius 2 is 1.65 bits per heavy atom. The summed E-state index contributed by atoms with van der Waals surface area (Å²) in [5, 5.41) is 0. The molecule has 0 unspecified atom stereocenters. The first kappa shape index (κ1) is 16.6. The molecule has 1 rings (SSSR count). The van der Waals surface area contributed by atoms with Crippen LogP contribution in [0.5, 0.6) is 0 Å². The number of carbonyl (C=O) groups is 3. The molecule has 20 heavy (non-hydrogen) atoms. The Balaban J connectivity index is 3.39. The maximum Gasteiger partial charge on any atom is 0.357 e. The van der Waals surface area contributed by atoms with Crippen LogP contribution < -0.4 is 0 Å². The number of ketones is 1. The van der Waals surface area contributed by atoms with Gasteiger partial charge in [0.2, 0.25) is 5.82 Å². The Morgan fingerprint density at radius 3 is 2.10 bits per heavy atom. The molecule has 1 heterocycles. The highest BCUT2D eigenvalue weighted by Crippen LogP contribution is 2.29. The van der Waals surface area contributed by atoms with Crippen LogP contribution in [0.4, 0.5) is 0 Å². The zero-order valence-corrected chi connectivity index (χ0v) is 12.4. The lowest BCUT2D eigenvalue weighted by Crippen LogP contribution is -2.24. The molecule has 108 valence electrons. The number of hydrogen-bond donors (Lipinski definition) is 0. The van der Waals surface area contributed by atoms with Gasteiger partial charge in [0.15, 0.2) is 5.69 Å². The molecule has 0 aromatic carbocycles. The Morgan fingerprint density at radius 1 is 1.10 bits per heavy atom. The van der Waals surface area contributed by atoms with E-state index < -0.39 is 33.0 Å². The summed E-state index contributed by atoms with van der Waals surface area (Å²) in [5.74, 6) is -3.44. The summed E-state index contributed by atoms with van der Waals surface area (Å²) >= 11 is 16.2. The number of carbonyl (C=O) groups excluding carboxylic acids is 3. The Labute approximate surface area is 128 Å². The quantitative estimate of drug-likeness (QED) is 0.468. The van der Waals surface area contributed by atoms with E-state index in [9.17, 15) is 14.4 Å². The van der Waals surface area contributed by atoms with Crippen molar-refractivity contribution in [1.82, 2.24) is 9.97 Å². The molecule has 10 heteroatoms. The van der Waals surface area contributed by atoms with Crippen LogP contribution in [0.25, 0.3) is 0 Å². The lowest BCUT2D eigenvalue weighted by Gasteiger charge is -2.10. The minimum Gasteiger partial charge on any atom is -0.465 e. The van der Waals surface area contributed by atoms with Crippen molar-refractivity contribution in [2.75, 3.05) is 14.2 Å². The van der Waals surface area contributed by atoms with Gasteiger partial charge in [-0.25, -0.2) is 19.6 Å². The number of hydrogen-bond acceptors (Lipinski definition) is 7. The van der Waals surface area contributed by atoms with Crippen LogP contribution in [0.2, 0.25) is 0 Å². The summed E-state index contributed by atoms with van der Waals surface area (Å²) in [7, 11) is 2.17. The van der Waals surface area contributed by atoms with Crippen LogP contribution in [0.1, 0.15) is 31.5 Å². The molecule has 1 aromatic rings. The highest BCUT2D eigenvalue weighted by Gasteiger charge is 2.35. The minimum absolute atomic E-state index is 0.278. The van der Waals surface area contributed by atoms with E-state index >= 15 is 0 Å². The lowest BCUT2D eigenvalue weighted by atomic mass is 10.2. The molecule has 0 radical (unpaired) electrons. The van der Waals surface area contributed by atoms with Crippen LogP contribution in [-0.2, 0) is 9.47 Å². The fourth-order valence-corrected chi connectivity index (χ4v) is 1.38. The molecule has 0 spiro atoms. The van der Waals surface area contributed by atoms with Crippen molar-refractivity contribution >= 4 is 52.5 Å². The van der Waals surface area contributed by atoms with E-state index in [4.69, 9.17) is 34.8 Å². The summed E-state index contributed by atoms with van der Waals surface area (Å²) in [6, 6.07) is 0. The number of Topliss-reactive ketones (excluding diaryl/α,β-unsaturated/α-hetero) is 1. The molecule has 0 fully saturated rings. The fraction of sp³-hybridized carbons (Fsp3) is 0.300. The molecular formula is C10H7Cl3N2O5. The number of ether oxygens (including phenoxy) is 2. The number of nitrogens with zero attached hydrogens (tertiary/aromatic N) is 2. The third-order valence-electron chi connectivity index (χ3n) is 2.03. The topological polar surface area (TPSA) is 95.5 Å². The van der Waals surface area contributed by atoms with E-state index in [0.29, 0.717) is 0 Å². The number of halogens is 3. The summed E-state index contributed by atoms with van der Waals surface area (Å²) in [4.78, 5) is 41.9. The van der Waals surface area contributed by atoms with Gasteiger partial charge in [-0.1, -0.05) is 34.8 Å². The molecule has 0 saturated heterocycles. The average Bonchev–Trinajstić information content (AvgIpc) is 2.43. The number of rotatable bonds is 3. The van der Waals surface area contributed by atoms with Crippen molar-refractivity contribution in [3.63, 3.8) is 0 Å². The van der Waals surface area contributed by atoms with Gasteiger partial charge in [0.25, 0.3) is 9.58 Å². The first-order chi connectivity index (χ1) is 9.22. The van der Waals surface area contributed by atoms with E-state index in [0.717, 1.165) is 20.4 Å². The summed E-state index contributed by atoms with van der Waals surface area (Å²) in [6.45, 7) is 0. The molecular weight excluding hydrogens is 334 g/mol. The van der Waals surface area contributed by atoms with E-state index in [1.165, 1.54) is 0 Å². The van der Waals surface area contributed by atoms with Crippen LogP contribution in [0, 0.1) is 0 Å². The van der Waals surface area contributed by atoms with Crippen LogP contribution in [0.15, 0.2) is 6.20 Å². The van der Waals surface area contributed by atoms with E-state index in [1.54, 1.807) is 0 Å². The maximum absolute atomic E-state index is 11.7. The van der Waals surface area contributed by atoms with Crippen molar-refractivity contribution in [3.8, 4) is 0 Å². The Kier molecular flexibility index (Phi) is 5.27. The maximum atomic E-state index is 11.7. The molecule has 0 aliphatic carbocycles. The second-order valence-electron chi connectivity index (χ2n) is 3.27. The van der Waals surface area contributed by atoms with Crippen molar-refractivity contribution in [1.29, 1.82) is 0 Å². The summed E-state index contributed by atoms with van der Waals surface area (Å²) in [6.07, 6.45) is 0.911. The fourth-order valence-electron chi connectivity index (χ4n) is 1.13. The van der Waals surface area contributed by atoms with Gasteiger partial charge in [-0.3, -0.25) is 4.79 Å². The zero-order chi connectivity index (χ0) is 15.5. The van der Waals surface area contributed by atoms with Crippen LogP contribution in [-0.4, -0.2) is 45.7 Å². The number of methoxy groups -OCH3 is 2. The van der Waals surface area contributed by atoms with Gasteiger partial charge in [-0.2, -0.15) is 0 Å². The molecule has 0 bridgehead atoms. The Bertz CT molecular complexity index is 571. The number of aromatic nitrogens is 2. The normalized spacial score (nSPS) is 10.8. The molecule has 7 nitrogen and oxygen atoms in total. The van der Waals surface area contributed by atoms with E-state index in [-0.39, 0.29) is 5.56 Å². The van der Waals surface area contributed by atoms with Crippen molar-refractivity contribution in [2.24, 2.45) is 0 Å². The lowest BCUT2D eigenvalue weighted by molar-refractivity contribution is 0.0548. The third-order valence-corrected chi connectivity index (χ3v) is 2.55. The molecule has 0 amide bonds. The smallest absolute Gasteiger partial charge is 0.357 e. The van der Waals surface area contributed by atoms with Gasteiger partial charge in [0.1, 0.15) is 5.56 Å². The largest absolute Gasteiger partial charge is 0.465 e. The number of alkyl halides is 3. The molecule has 0 aliphatic rings. The van der Waals surface area contributed by atoms with Crippen molar-refractivity contribution in [3.05, 3.63) is 23.3 Å². The molecule has 1 aromatic heterocycles. The van der Waals surface area contributed by atoms with Gasteiger partial charge in [0.05, 0.1) is 14.2 Å². The second-order valence-corrected chi connectivity index (χ2v) is 5.55. The van der Waals surface area contributed by atoms with E-state index in [2.05, 4.69) is 19.4 Å². The minimum atomic E-state index is -2.29. The molecule has 0 atom stereocenters. The Hall–Kier alpha value is -1.44. The van der Waals surface area contributed by atoms with Crippen LogP contribution >= 0.6 is 34.8 Å². The molecule has 0 aliphatic heterocycles. The van der Waals surface area contributed by atoms with Gasteiger partial charge in [0, 0.05) is 6.20 Å². The summed E-state index contributed by atoms with van der Waals surface area (Å²) < 4.78 is 6.60. The van der Waals surface area contributed by atoms with Crippen molar-refractivity contribution < 1.29 is 23.9 Å². The third kappa shape index (κ3) is 3.56. The average molecular weight is 342 g/mol. The number of esters is 2. The zero-order valence-electron chi connectivity index (χ0n) is 10.1. The van der Waals surface area contributed by atoms with E-state index in [1.807, 2.05) is 0 Å². The van der Waals surface area contributed by atoms with Gasteiger partial charge in [-0.05, 0) is 0 Å². The van der Waals surface area contributed by atoms with Crippen LogP contribution in [0.3, 0.4) is 0 Å². The van der Waals surface area contributed by atoms with Crippen molar-refractivity contribution in [2.45, 2.75) is 3.79 Å².